The quantitative estimate of drug-likeness (QED) is 0.203. The molecule has 0 saturated heterocycles. The minimum Gasteiger partial charge on any atom is -0.370 e. The van der Waals surface area contributed by atoms with Crippen LogP contribution in [-0.2, 0) is 13.0 Å². The highest BCUT2D eigenvalue weighted by Gasteiger charge is 2.12. The van der Waals surface area contributed by atoms with Crippen LogP contribution < -0.4 is 11.1 Å². The number of hydrogen-bond acceptors (Lipinski definition) is 4. The number of rotatable bonds is 9. The van der Waals surface area contributed by atoms with Gasteiger partial charge in [-0.3, -0.25) is 4.99 Å². The predicted octanol–water partition coefficient (Wildman–Crippen LogP) is 2.52. The minimum absolute atomic E-state index is 0. The van der Waals surface area contributed by atoms with Crippen LogP contribution in [0, 0.1) is 5.92 Å². The SMILES string of the molecule is CCCN=C(N)NCCCc1nnc(SC)n1CC(C)C.I. The van der Waals surface area contributed by atoms with Crippen molar-refractivity contribution in [2.24, 2.45) is 16.6 Å². The van der Waals surface area contributed by atoms with E-state index in [9.17, 15) is 0 Å². The summed E-state index contributed by atoms with van der Waals surface area (Å²) in [5, 5.41) is 12.7. The van der Waals surface area contributed by atoms with Gasteiger partial charge in [-0.1, -0.05) is 32.5 Å². The molecule has 0 fully saturated rings. The van der Waals surface area contributed by atoms with Crippen molar-refractivity contribution in [3.05, 3.63) is 5.82 Å². The summed E-state index contributed by atoms with van der Waals surface area (Å²) in [5.74, 6) is 2.17. The highest BCUT2D eigenvalue weighted by molar-refractivity contribution is 14.0. The molecule has 0 aromatic carbocycles. The fourth-order valence-electron chi connectivity index (χ4n) is 1.95. The molecular weight excluding hydrogens is 411 g/mol. The average molecular weight is 440 g/mol. The number of nitrogens with one attached hydrogen (secondary N) is 1. The van der Waals surface area contributed by atoms with Gasteiger partial charge in [0.2, 0.25) is 0 Å². The molecule has 1 aromatic heterocycles. The lowest BCUT2D eigenvalue weighted by molar-refractivity contribution is 0.477. The summed E-state index contributed by atoms with van der Waals surface area (Å²) >= 11 is 1.65. The largest absolute Gasteiger partial charge is 0.370 e. The number of aryl methyl sites for hydroxylation is 1. The van der Waals surface area contributed by atoms with E-state index >= 15 is 0 Å². The fraction of sp³-hybridized carbons (Fsp3) is 0.786. The van der Waals surface area contributed by atoms with Crippen molar-refractivity contribution in [2.45, 2.75) is 51.7 Å². The van der Waals surface area contributed by atoms with Crippen LogP contribution in [0.3, 0.4) is 0 Å². The molecule has 0 radical (unpaired) electrons. The van der Waals surface area contributed by atoms with Crippen molar-refractivity contribution in [3.63, 3.8) is 0 Å². The number of guanidine groups is 1. The van der Waals surface area contributed by atoms with Crippen LogP contribution in [0.4, 0.5) is 0 Å². The molecule has 0 spiro atoms. The number of aliphatic imine (C=N–C) groups is 1. The molecule has 6 nitrogen and oxygen atoms in total. The molecule has 0 bridgehead atoms. The van der Waals surface area contributed by atoms with Crippen LogP contribution in [0.1, 0.15) is 39.4 Å². The number of halogens is 1. The minimum atomic E-state index is 0. The Morgan fingerprint density at radius 1 is 1.41 bits per heavy atom. The first-order valence-corrected chi connectivity index (χ1v) is 8.80. The van der Waals surface area contributed by atoms with Crippen molar-refractivity contribution in [3.8, 4) is 0 Å². The molecule has 1 aromatic rings. The number of thioether (sulfide) groups is 1. The zero-order chi connectivity index (χ0) is 15.7. The summed E-state index contributed by atoms with van der Waals surface area (Å²) in [6.45, 7) is 9.05. The second-order valence-corrected chi connectivity index (χ2v) is 6.18. The van der Waals surface area contributed by atoms with Crippen LogP contribution >= 0.6 is 35.7 Å². The molecule has 0 saturated carbocycles. The van der Waals surface area contributed by atoms with Crippen LogP contribution in [-0.4, -0.2) is 40.1 Å². The van der Waals surface area contributed by atoms with E-state index < -0.39 is 0 Å². The summed E-state index contributed by atoms with van der Waals surface area (Å²) in [7, 11) is 0. The summed E-state index contributed by atoms with van der Waals surface area (Å²) < 4.78 is 2.23. The Balaban J connectivity index is 0.00000441. The van der Waals surface area contributed by atoms with Crippen LogP contribution in [0.5, 0.6) is 0 Å². The summed E-state index contributed by atoms with van der Waals surface area (Å²) in [4.78, 5) is 4.21. The van der Waals surface area contributed by atoms with E-state index in [1.54, 1.807) is 11.8 Å². The summed E-state index contributed by atoms with van der Waals surface area (Å²) in [6, 6.07) is 0. The molecule has 8 heteroatoms. The number of nitrogens with zero attached hydrogens (tertiary/aromatic N) is 4. The van der Waals surface area contributed by atoms with E-state index in [-0.39, 0.29) is 24.0 Å². The van der Waals surface area contributed by atoms with Gasteiger partial charge in [-0.05, 0) is 25.0 Å². The summed E-state index contributed by atoms with van der Waals surface area (Å²) in [6.07, 6.45) is 4.91. The lowest BCUT2D eigenvalue weighted by Crippen LogP contribution is -2.32. The molecule has 0 aliphatic rings. The zero-order valence-electron chi connectivity index (χ0n) is 14.0. The lowest BCUT2D eigenvalue weighted by atomic mass is 10.2. The first kappa shape index (κ1) is 21.5. The first-order chi connectivity index (χ1) is 10.1. The van der Waals surface area contributed by atoms with Gasteiger partial charge < -0.3 is 15.6 Å². The molecule has 1 rings (SSSR count). The Labute approximate surface area is 155 Å². The second-order valence-electron chi connectivity index (χ2n) is 5.40. The van der Waals surface area contributed by atoms with E-state index in [0.29, 0.717) is 11.9 Å². The van der Waals surface area contributed by atoms with E-state index in [1.165, 1.54) is 0 Å². The Bertz CT molecular complexity index is 447. The number of hydrogen-bond donors (Lipinski definition) is 2. The van der Waals surface area contributed by atoms with Gasteiger partial charge in [-0.15, -0.1) is 34.2 Å². The molecule has 1 heterocycles. The van der Waals surface area contributed by atoms with Crippen molar-refractivity contribution < 1.29 is 0 Å². The molecule has 3 N–H and O–H groups in total. The Morgan fingerprint density at radius 3 is 2.73 bits per heavy atom. The molecule has 0 unspecified atom stereocenters. The van der Waals surface area contributed by atoms with E-state index in [2.05, 4.69) is 45.8 Å². The van der Waals surface area contributed by atoms with Gasteiger partial charge in [0.15, 0.2) is 11.1 Å². The van der Waals surface area contributed by atoms with Crippen molar-refractivity contribution in [1.29, 1.82) is 0 Å². The first-order valence-electron chi connectivity index (χ1n) is 7.58. The third-order valence-corrected chi connectivity index (χ3v) is 3.58. The molecular formula is C14H29IN6S. The maximum absolute atomic E-state index is 5.76. The topological polar surface area (TPSA) is 81.1 Å². The van der Waals surface area contributed by atoms with Gasteiger partial charge in [-0.2, -0.15) is 0 Å². The van der Waals surface area contributed by atoms with Gasteiger partial charge in [0.1, 0.15) is 5.82 Å². The average Bonchev–Trinajstić information content (AvgIpc) is 2.82. The number of aromatic nitrogens is 3. The molecule has 0 atom stereocenters. The molecule has 0 aliphatic heterocycles. The van der Waals surface area contributed by atoms with E-state index in [4.69, 9.17) is 5.73 Å². The van der Waals surface area contributed by atoms with Crippen molar-refractivity contribution in [1.82, 2.24) is 20.1 Å². The van der Waals surface area contributed by atoms with Gasteiger partial charge >= 0.3 is 0 Å². The highest BCUT2D eigenvalue weighted by Crippen LogP contribution is 2.16. The van der Waals surface area contributed by atoms with Crippen molar-refractivity contribution in [2.75, 3.05) is 19.3 Å². The second kappa shape index (κ2) is 12.0. The van der Waals surface area contributed by atoms with Gasteiger partial charge in [0.05, 0.1) is 0 Å². The maximum atomic E-state index is 5.76. The number of nitrogens with two attached hydrogens (primary N) is 1. The lowest BCUT2D eigenvalue weighted by Gasteiger charge is -2.11. The van der Waals surface area contributed by atoms with E-state index in [0.717, 1.165) is 49.9 Å². The molecule has 0 aliphatic carbocycles. The zero-order valence-corrected chi connectivity index (χ0v) is 17.1. The standard InChI is InChI=1S/C14H28N6S.HI/c1-5-8-16-13(15)17-9-6-7-12-18-19-14(21-4)20(12)10-11(2)3;/h11H,5-10H2,1-4H3,(H3,15,16,17);1H. The van der Waals surface area contributed by atoms with Gasteiger partial charge in [0.25, 0.3) is 0 Å². The third-order valence-electron chi connectivity index (χ3n) is 2.91. The third kappa shape index (κ3) is 7.66. The highest BCUT2D eigenvalue weighted by atomic mass is 127. The molecule has 22 heavy (non-hydrogen) atoms. The summed E-state index contributed by atoms with van der Waals surface area (Å²) in [5.41, 5.74) is 5.76. The normalized spacial score (nSPS) is 11.6. The molecule has 128 valence electrons. The Hall–Kier alpha value is -0.510. The maximum Gasteiger partial charge on any atom is 0.190 e. The van der Waals surface area contributed by atoms with Gasteiger partial charge in [-0.25, -0.2) is 0 Å². The fourth-order valence-corrected chi connectivity index (χ4v) is 2.48. The van der Waals surface area contributed by atoms with Crippen LogP contribution in [0.2, 0.25) is 0 Å². The molecule has 0 amide bonds. The van der Waals surface area contributed by atoms with Crippen molar-refractivity contribution >= 4 is 41.7 Å². The van der Waals surface area contributed by atoms with E-state index in [1.807, 2.05) is 6.26 Å². The van der Waals surface area contributed by atoms with Gasteiger partial charge in [0, 0.05) is 26.1 Å². The monoisotopic (exact) mass is 440 g/mol. The Morgan fingerprint density at radius 2 is 2.14 bits per heavy atom. The smallest absolute Gasteiger partial charge is 0.190 e. The van der Waals surface area contributed by atoms with Crippen LogP contribution in [0.15, 0.2) is 10.1 Å². The Kier molecular flexibility index (Phi) is 11.7. The van der Waals surface area contributed by atoms with Crippen LogP contribution in [0.25, 0.3) is 0 Å². The predicted molar refractivity (Wildman–Crippen MR) is 105 cm³/mol.